The van der Waals surface area contributed by atoms with Crippen LogP contribution in [0.5, 0.6) is 5.75 Å². The third-order valence-electron chi connectivity index (χ3n) is 4.96. The van der Waals surface area contributed by atoms with Gasteiger partial charge in [-0.25, -0.2) is 0 Å². The molecule has 4 rings (SSSR count). The number of aliphatic hydroxyl groups excluding tert-OH is 1. The van der Waals surface area contributed by atoms with Crippen molar-refractivity contribution < 1.29 is 9.84 Å². The fraction of sp³-hybridized carbons (Fsp3) is 0.562. The maximum atomic E-state index is 10.4. The van der Waals surface area contributed by atoms with Crippen LogP contribution >= 0.6 is 0 Å². The van der Waals surface area contributed by atoms with Gasteiger partial charge in [-0.3, -0.25) is 0 Å². The van der Waals surface area contributed by atoms with Crippen molar-refractivity contribution in [1.29, 1.82) is 0 Å². The SMILES string of the molecule is Cc1nnnn1-c1cccc(O[C@@H]2C[C@@H]3CNC[C@@H]3C[C@H]2O)c1. The number of fused-ring (bicyclic) bond motifs is 1. The summed E-state index contributed by atoms with van der Waals surface area (Å²) in [6, 6.07) is 7.68. The zero-order valence-electron chi connectivity index (χ0n) is 13.1. The van der Waals surface area contributed by atoms with E-state index in [9.17, 15) is 5.11 Å². The van der Waals surface area contributed by atoms with Gasteiger partial charge in [-0.15, -0.1) is 5.10 Å². The van der Waals surface area contributed by atoms with Crippen LogP contribution in [0.1, 0.15) is 18.7 Å². The smallest absolute Gasteiger partial charge is 0.153 e. The highest BCUT2D eigenvalue weighted by Crippen LogP contribution is 2.35. The maximum absolute atomic E-state index is 10.4. The lowest BCUT2D eigenvalue weighted by Crippen LogP contribution is -2.42. The monoisotopic (exact) mass is 315 g/mol. The van der Waals surface area contributed by atoms with Crippen LogP contribution in [0.15, 0.2) is 24.3 Å². The molecule has 2 aliphatic rings. The van der Waals surface area contributed by atoms with E-state index in [-0.39, 0.29) is 6.10 Å². The molecular formula is C16H21N5O2. The molecule has 1 saturated carbocycles. The minimum Gasteiger partial charge on any atom is -0.488 e. The highest BCUT2D eigenvalue weighted by atomic mass is 16.5. The number of tetrazole rings is 1. The van der Waals surface area contributed by atoms with E-state index in [2.05, 4.69) is 20.8 Å². The van der Waals surface area contributed by atoms with E-state index in [1.54, 1.807) is 4.68 Å². The summed E-state index contributed by atoms with van der Waals surface area (Å²) in [7, 11) is 0. The normalized spacial score (nSPS) is 30.2. The average molecular weight is 315 g/mol. The van der Waals surface area contributed by atoms with Gasteiger partial charge in [0.15, 0.2) is 5.82 Å². The van der Waals surface area contributed by atoms with E-state index in [0.29, 0.717) is 11.8 Å². The van der Waals surface area contributed by atoms with Crippen molar-refractivity contribution in [2.75, 3.05) is 13.1 Å². The van der Waals surface area contributed by atoms with E-state index in [1.165, 1.54) is 0 Å². The molecule has 1 aliphatic carbocycles. The number of hydrogen-bond acceptors (Lipinski definition) is 6. The largest absolute Gasteiger partial charge is 0.488 e. The second kappa shape index (κ2) is 5.90. The fourth-order valence-electron chi connectivity index (χ4n) is 3.72. The lowest BCUT2D eigenvalue weighted by atomic mass is 9.78. The molecule has 1 aromatic heterocycles. The topological polar surface area (TPSA) is 85.1 Å². The van der Waals surface area contributed by atoms with E-state index in [4.69, 9.17) is 4.74 Å². The number of hydrogen-bond donors (Lipinski definition) is 2. The molecule has 4 atom stereocenters. The Morgan fingerprint density at radius 1 is 1.26 bits per heavy atom. The zero-order valence-corrected chi connectivity index (χ0v) is 13.1. The molecule has 7 heteroatoms. The van der Waals surface area contributed by atoms with Crippen LogP contribution < -0.4 is 10.1 Å². The van der Waals surface area contributed by atoms with Crippen molar-refractivity contribution in [3.05, 3.63) is 30.1 Å². The second-order valence-corrected chi connectivity index (χ2v) is 6.51. The van der Waals surface area contributed by atoms with Gasteiger partial charge in [-0.1, -0.05) is 6.07 Å². The Bertz CT molecular complexity index is 689. The Labute approximate surface area is 134 Å². The van der Waals surface area contributed by atoms with Crippen LogP contribution in [-0.4, -0.2) is 50.6 Å². The summed E-state index contributed by atoms with van der Waals surface area (Å²) in [5, 5.41) is 25.3. The molecular weight excluding hydrogens is 294 g/mol. The first kappa shape index (κ1) is 14.6. The summed E-state index contributed by atoms with van der Waals surface area (Å²) < 4.78 is 7.76. The Morgan fingerprint density at radius 3 is 2.87 bits per heavy atom. The summed E-state index contributed by atoms with van der Waals surface area (Å²) in [6.45, 7) is 3.90. The molecule has 2 aromatic rings. The van der Waals surface area contributed by atoms with Crippen molar-refractivity contribution in [1.82, 2.24) is 25.5 Å². The third kappa shape index (κ3) is 2.82. The number of aromatic nitrogens is 4. The molecule has 2 heterocycles. The van der Waals surface area contributed by atoms with Crippen molar-refractivity contribution >= 4 is 0 Å². The fourth-order valence-corrected chi connectivity index (χ4v) is 3.72. The Balaban J connectivity index is 1.51. The Hall–Kier alpha value is -1.99. The predicted molar refractivity (Wildman–Crippen MR) is 83.4 cm³/mol. The molecule has 1 saturated heterocycles. The van der Waals surface area contributed by atoms with Crippen LogP contribution in [0, 0.1) is 18.8 Å². The third-order valence-corrected chi connectivity index (χ3v) is 4.96. The second-order valence-electron chi connectivity index (χ2n) is 6.51. The highest BCUT2D eigenvalue weighted by Gasteiger charge is 2.39. The van der Waals surface area contributed by atoms with Crippen molar-refractivity contribution in [2.24, 2.45) is 11.8 Å². The number of nitrogens with one attached hydrogen (secondary N) is 1. The average Bonchev–Trinajstić information content (AvgIpc) is 3.16. The Kier molecular flexibility index (Phi) is 3.74. The highest BCUT2D eigenvalue weighted by molar-refractivity contribution is 5.39. The molecule has 0 spiro atoms. The first-order chi connectivity index (χ1) is 11.2. The maximum Gasteiger partial charge on any atom is 0.153 e. The summed E-state index contributed by atoms with van der Waals surface area (Å²) >= 11 is 0. The molecule has 0 bridgehead atoms. The zero-order chi connectivity index (χ0) is 15.8. The molecule has 1 aliphatic heterocycles. The van der Waals surface area contributed by atoms with Gasteiger partial charge in [-0.2, -0.15) is 4.68 Å². The summed E-state index contributed by atoms with van der Waals surface area (Å²) in [5.74, 6) is 2.65. The lowest BCUT2D eigenvalue weighted by Gasteiger charge is -2.35. The van der Waals surface area contributed by atoms with Gasteiger partial charge in [0, 0.05) is 6.07 Å². The van der Waals surface area contributed by atoms with Crippen molar-refractivity contribution in [3.63, 3.8) is 0 Å². The number of aryl methyl sites for hydroxylation is 1. The number of nitrogens with zero attached hydrogens (tertiary/aromatic N) is 4. The molecule has 0 unspecified atom stereocenters. The predicted octanol–water partition coefficient (Wildman–Crippen LogP) is 0.708. The van der Waals surface area contributed by atoms with E-state index >= 15 is 0 Å². The van der Waals surface area contributed by atoms with Gasteiger partial charge in [0.05, 0.1) is 11.8 Å². The first-order valence-electron chi connectivity index (χ1n) is 8.11. The molecule has 1 aromatic carbocycles. The lowest BCUT2D eigenvalue weighted by molar-refractivity contribution is -0.0231. The van der Waals surface area contributed by atoms with Gasteiger partial charge >= 0.3 is 0 Å². The molecule has 2 N–H and O–H groups in total. The van der Waals surface area contributed by atoms with Gasteiger partial charge in [0.1, 0.15) is 11.9 Å². The summed E-state index contributed by atoms with van der Waals surface area (Å²) in [4.78, 5) is 0. The first-order valence-corrected chi connectivity index (χ1v) is 8.11. The number of ether oxygens (including phenoxy) is 1. The minimum absolute atomic E-state index is 0.152. The van der Waals surface area contributed by atoms with Gasteiger partial charge in [0.25, 0.3) is 0 Å². The molecule has 0 radical (unpaired) electrons. The molecule has 0 amide bonds. The molecule has 23 heavy (non-hydrogen) atoms. The van der Waals surface area contributed by atoms with Crippen LogP contribution in [0.2, 0.25) is 0 Å². The molecule has 122 valence electrons. The van der Waals surface area contributed by atoms with Gasteiger partial charge in [-0.05, 0) is 67.3 Å². The standard InChI is InChI=1S/C16H21N5O2/c1-10-18-19-20-21(10)13-3-2-4-14(7-13)23-16-6-12-9-17-8-11(12)5-15(16)22/h2-4,7,11-12,15-17,22H,5-6,8-9H2,1H3/t11-,12+,15+,16+/m0/s1. The summed E-state index contributed by atoms with van der Waals surface area (Å²) in [6.07, 6.45) is 1.15. The van der Waals surface area contributed by atoms with E-state index in [1.807, 2.05) is 31.2 Å². The van der Waals surface area contributed by atoms with E-state index < -0.39 is 6.10 Å². The Morgan fingerprint density at radius 2 is 2.09 bits per heavy atom. The van der Waals surface area contributed by atoms with E-state index in [0.717, 1.165) is 43.2 Å². The van der Waals surface area contributed by atoms with Crippen LogP contribution in [-0.2, 0) is 0 Å². The number of aliphatic hydroxyl groups is 1. The van der Waals surface area contributed by atoms with Crippen molar-refractivity contribution in [2.45, 2.75) is 32.0 Å². The van der Waals surface area contributed by atoms with Crippen LogP contribution in [0.4, 0.5) is 0 Å². The molecule has 2 fully saturated rings. The number of benzene rings is 1. The van der Waals surface area contributed by atoms with Gasteiger partial charge < -0.3 is 15.2 Å². The van der Waals surface area contributed by atoms with Crippen LogP contribution in [0.3, 0.4) is 0 Å². The summed E-state index contributed by atoms with van der Waals surface area (Å²) in [5.41, 5.74) is 0.857. The molecule has 7 nitrogen and oxygen atoms in total. The quantitative estimate of drug-likeness (QED) is 0.868. The number of rotatable bonds is 3. The minimum atomic E-state index is -0.408. The van der Waals surface area contributed by atoms with Crippen LogP contribution in [0.25, 0.3) is 5.69 Å². The van der Waals surface area contributed by atoms with Gasteiger partial charge in [0.2, 0.25) is 0 Å². The van der Waals surface area contributed by atoms with Crippen molar-refractivity contribution in [3.8, 4) is 11.4 Å².